The molecule has 0 unspecified atom stereocenters. The largest absolute Gasteiger partial charge is 0.505 e. The summed E-state index contributed by atoms with van der Waals surface area (Å²) < 4.78 is 6.27. The first-order valence-electron chi connectivity index (χ1n) is 11.7. The average molecular weight is 499 g/mol. The van der Waals surface area contributed by atoms with Crippen molar-refractivity contribution in [2.75, 3.05) is 12.4 Å². The Balaban J connectivity index is 1.93. The molecule has 35 heavy (non-hydrogen) atoms. The molecule has 1 aromatic carbocycles. The molecule has 3 rings (SSSR count). The first kappa shape index (κ1) is 26.8. The zero-order valence-electron chi connectivity index (χ0n) is 20.3. The molecule has 4 atom stereocenters. The van der Waals surface area contributed by atoms with Gasteiger partial charge in [0.1, 0.15) is 5.75 Å². The van der Waals surface area contributed by atoms with Crippen molar-refractivity contribution in [3.8, 4) is 5.75 Å². The summed E-state index contributed by atoms with van der Waals surface area (Å²) in [6, 6.07) is 1.68. The smallest absolute Gasteiger partial charge is 0.227 e. The van der Waals surface area contributed by atoms with E-state index in [0.29, 0.717) is 36.0 Å². The number of phenolic OH excluding ortho intramolecular Hbond substituents is 1. The van der Waals surface area contributed by atoms with Crippen molar-refractivity contribution in [2.24, 2.45) is 5.92 Å². The summed E-state index contributed by atoms with van der Waals surface area (Å²) in [6.07, 6.45) is 12.5. The molecule has 0 spiro atoms. The number of thiazole rings is 1. The number of nitrogens with zero attached hydrogens (tertiary/aromatic N) is 1. The summed E-state index contributed by atoms with van der Waals surface area (Å²) in [6.45, 7) is 3.68. The van der Waals surface area contributed by atoms with Crippen LogP contribution in [0, 0.1) is 5.92 Å². The third-order valence-corrected chi connectivity index (χ3v) is 7.16. The van der Waals surface area contributed by atoms with Crippen LogP contribution in [0.2, 0.25) is 0 Å². The van der Waals surface area contributed by atoms with E-state index in [1.54, 1.807) is 23.7 Å². The van der Waals surface area contributed by atoms with Gasteiger partial charge in [0.15, 0.2) is 0 Å². The van der Waals surface area contributed by atoms with E-state index in [1.165, 1.54) is 18.4 Å². The number of aliphatic hydroxyl groups is 2. The zero-order chi connectivity index (χ0) is 25.4. The molecule has 1 amide bonds. The Morgan fingerprint density at radius 1 is 1.20 bits per heavy atom. The summed E-state index contributed by atoms with van der Waals surface area (Å²) in [5.41, 5.74) is 4.21. The van der Waals surface area contributed by atoms with Gasteiger partial charge in [0.25, 0.3) is 0 Å². The Bertz CT molecular complexity index is 1130. The first-order chi connectivity index (χ1) is 16.8. The van der Waals surface area contributed by atoms with Crippen LogP contribution in [0.1, 0.15) is 38.7 Å². The van der Waals surface area contributed by atoms with Gasteiger partial charge in [-0.15, -0.1) is 11.3 Å². The number of hydrogen-bond acceptors (Lipinski definition) is 7. The van der Waals surface area contributed by atoms with Crippen molar-refractivity contribution < 1.29 is 24.9 Å². The van der Waals surface area contributed by atoms with Crippen LogP contribution in [-0.2, 0) is 16.0 Å². The summed E-state index contributed by atoms with van der Waals surface area (Å²) >= 11 is 1.44. The highest BCUT2D eigenvalue weighted by atomic mass is 32.1. The fourth-order valence-electron chi connectivity index (χ4n) is 4.02. The van der Waals surface area contributed by atoms with Crippen LogP contribution in [0.5, 0.6) is 5.75 Å². The maximum absolute atomic E-state index is 12.7. The van der Waals surface area contributed by atoms with Gasteiger partial charge in [0, 0.05) is 18.6 Å². The lowest BCUT2D eigenvalue weighted by atomic mass is 9.90. The van der Waals surface area contributed by atoms with E-state index >= 15 is 0 Å². The number of aromatic nitrogens is 1. The molecule has 8 heteroatoms. The van der Waals surface area contributed by atoms with Crippen LogP contribution in [0.25, 0.3) is 10.2 Å². The van der Waals surface area contributed by atoms with Gasteiger partial charge in [-0.05, 0) is 37.8 Å². The van der Waals surface area contributed by atoms with E-state index in [0.717, 1.165) is 10.3 Å². The number of phenols is 1. The van der Waals surface area contributed by atoms with Crippen molar-refractivity contribution in [3.05, 3.63) is 65.2 Å². The van der Waals surface area contributed by atoms with Crippen LogP contribution < -0.4 is 5.32 Å². The number of aliphatic hydroxyl groups excluding tert-OH is 2. The number of fused-ring (bicyclic) bond motifs is 4. The van der Waals surface area contributed by atoms with Crippen molar-refractivity contribution in [1.29, 1.82) is 0 Å². The molecule has 2 aromatic rings. The van der Waals surface area contributed by atoms with E-state index in [1.807, 2.05) is 44.2 Å². The molecule has 4 N–H and O–H groups in total. The molecule has 0 fully saturated rings. The maximum Gasteiger partial charge on any atom is 0.227 e. The second kappa shape index (κ2) is 12.8. The number of carbonyl (C=O) groups excluding carboxylic acids is 1. The van der Waals surface area contributed by atoms with Gasteiger partial charge >= 0.3 is 0 Å². The number of ether oxygens (including phenoxy) is 1. The molecular weight excluding hydrogens is 464 g/mol. The topological polar surface area (TPSA) is 112 Å². The standard InChI is InChI=1S/C27H34N2O5S/c1-17-10-9-12-20-26(33)21(15-22-27(20)35-16-28-22)29-24(31)14-19(34-3)11-7-5-4-6-8-13-23(30)18(2)25(17)32/h4-8,10-11,15-16,18-19,23,25,30,32-33H,9,12-14H2,1-3H3,(H,29,31)/b5-4+,8-6+,11-7+,17-10-/t18-,19-,23-,25-/m0/s1. The molecule has 1 aliphatic rings. The Morgan fingerprint density at radius 3 is 2.74 bits per heavy atom. The van der Waals surface area contributed by atoms with Crippen molar-refractivity contribution >= 4 is 33.1 Å². The van der Waals surface area contributed by atoms with Crippen LogP contribution >= 0.6 is 11.3 Å². The van der Waals surface area contributed by atoms with Crippen molar-refractivity contribution in [2.45, 2.75) is 57.8 Å². The number of amides is 1. The third-order valence-electron chi connectivity index (χ3n) is 6.26. The van der Waals surface area contributed by atoms with Gasteiger partial charge in [-0.3, -0.25) is 4.79 Å². The summed E-state index contributed by atoms with van der Waals surface area (Å²) in [5.74, 6) is -0.597. The van der Waals surface area contributed by atoms with E-state index in [9.17, 15) is 20.1 Å². The Labute approximate surface area is 210 Å². The second-order valence-electron chi connectivity index (χ2n) is 8.77. The molecular formula is C27H34N2O5S. The van der Waals surface area contributed by atoms with E-state index in [-0.39, 0.29) is 24.0 Å². The molecule has 1 aliphatic heterocycles. The van der Waals surface area contributed by atoms with Crippen LogP contribution in [0.3, 0.4) is 0 Å². The molecule has 0 saturated heterocycles. The third kappa shape index (κ3) is 7.11. The highest BCUT2D eigenvalue weighted by molar-refractivity contribution is 7.17. The number of carbonyl (C=O) groups is 1. The van der Waals surface area contributed by atoms with Gasteiger partial charge in [-0.25, -0.2) is 4.98 Å². The number of benzene rings is 1. The van der Waals surface area contributed by atoms with Gasteiger partial charge in [-0.1, -0.05) is 49.5 Å². The number of methoxy groups -OCH3 is 1. The number of hydrogen-bond donors (Lipinski definition) is 4. The monoisotopic (exact) mass is 498 g/mol. The minimum atomic E-state index is -0.778. The van der Waals surface area contributed by atoms with Crippen LogP contribution in [-0.4, -0.2) is 51.6 Å². The minimum absolute atomic E-state index is 0.0231. The predicted molar refractivity (Wildman–Crippen MR) is 141 cm³/mol. The lowest BCUT2D eigenvalue weighted by Gasteiger charge is -2.24. The van der Waals surface area contributed by atoms with Gasteiger partial charge in [0.05, 0.1) is 46.1 Å². The lowest BCUT2D eigenvalue weighted by Crippen LogP contribution is -2.30. The van der Waals surface area contributed by atoms with Crippen LogP contribution in [0.15, 0.2) is 59.7 Å². The number of rotatable bonds is 1. The summed E-state index contributed by atoms with van der Waals surface area (Å²) in [4.78, 5) is 17.1. The molecule has 1 aromatic heterocycles. The summed E-state index contributed by atoms with van der Waals surface area (Å²) in [7, 11) is 1.54. The fourth-order valence-corrected chi connectivity index (χ4v) is 4.86. The normalized spacial score (nSPS) is 29.4. The van der Waals surface area contributed by atoms with E-state index < -0.39 is 18.3 Å². The first-order valence-corrected chi connectivity index (χ1v) is 12.6. The Morgan fingerprint density at radius 2 is 1.97 bits per heavy atom. The minimum Gasteiger partial charge on any atom is -0.505 e. The van der Waals surface area contributed by atoms with Gasteiger partial charge in [-0.2, -0.15) is 0 Å². The number of anilines is 1. The molecule has 2 bridgehead atoms. The van der Waals surface area contributed by atoms with Crippen molar-refractivity contribution in [1.82, 2.24) is 4.98 Å². The quantitative estimate of drug-likeness (QED) is 0.336. The van der Waals surface area contributed by atoms with Gasteiger partial charge < -0.3 is 25.4 Å². The van der Waals surface area contributed by atoms with Crippen LogP contribution in [0.4, 0.5) is 5.69 Å². The molecule has 188 valence electrons. The fraction of sp³-hybridized carbons (Fsp3) is 0.407. The average Bonchev–Trinajstić information content (AvgIpc) is 3.31. The maximum atomic E-state index is 12.7. The molecule has 2 heterocycles. The highest BCUT2D eigenvalue weighted by Crippen LogP contribution is 2.37. The van der Waals surface area contributed by atoms with Gasteiger partial charge in [0.2, 0.25) is 5.91 Å². The second-order valence-corrected chi connectivity index (χ2v) is 9.62. The number of nitrogens with one attached hydrogen (secondary N) is 1. The molecule has 0 aliphatic carbocycles. The molecule has 0 saturated carbocycles. The van der Waals surface area contributed by atoms with E-state index in [2.05, 4.69) is 10.3 Å². The van der Waals surface area contributed by atoms with Crippen molar-refractivity contribution in [3.63, 3.8) is 0 Å². The Hall–Kier alpha value is -2.78. The number of allylic oxidation sites excluding steroid dienone is 5. The molecule has 0 radical (unpaired) electrons. The number of aromatic hydroxyl groups is 1. The number of aryl methyl sites for hydroxylation is 1. The zero-order valence-corrected chi connectivity index (χ0v) is 21.2. The predicted octanol–water partition coefficient (Wildman–Crippen LogP) is 4.65. The lowest BCUT2D eigenvalue weighted by molar-refractivity contribution is -0.117. The molecule has 7 nitrogen and oxygen atoms in total. The summed E-state index contributed by atoms with van der Waals surface area (Å²) in [5, 5.41) is 35.0. The SMILES string of the molecule is CO[C@H]1/C=C/C=C/C=C/C[C@H](O)[C@H](C)[C@@H](O)/C(C)=C\CCc2c(O)c(cc3ncsc23)NC(=O)C1. The highest BCUT2D eigenvalue weighted by Gasteiger charge is 2.23. The Kier molecular flexibility index (Phi) is 9.80. The van der Waals surface area contributed by atoms with E-state index in [4.69, 9.17) is 4.74 Å².